The molecule has 1 aromatic carbocycles. The lowest BCUT2D eigenvalue weighted by atomic mass is 10.1. The minimum Gasteiger partial charge on any atom is -0.379 e. The van der Waals surface area contributed by atoms with Gasteiger partial charge in [0.25, 0.3) is 5.91 Å². The Hall–Kier alpha value is -2.32. The number of aryl methyl sites for hydroxylation is 1. The molecule has 0 bridgehead atoms. The number of hydrogen-bond acceptors (Lipinski definition) is 6. The van der Waals surface area contributed by atoms with Gasteiger partial charge >= 0.3 is 0 Å². The highest BCUT2D eigenvalue weighted by Crippen LogP contribution is 2.14. The Morgan fingerprint density at radius 3 is 2.83 bits per heavy atom. The number of tetrazole rings is 1. The number of benzene rings is 1. The molecule has 8 nitrogen and oxygen atoms in total. The summed E-state index contributed by atoms with van der Waals surface area (Å²) in [7, 11) is 0. The smallest absolute Gasteiger partial charge is 0.251 e. The van der Waals surface area contributed by atoms with Gasteiger partial charge in [-0.1, -0.05) is 0 Å². The van der Waals surface area contributed by atoms with Crippen LogP contribution in [0.3, 0.4) is 0 Å². The predicted octanol–water partition coefficient (Wildman–Crippen LogP) is 0.421. The van der Waals surface area contributed by atoms with Gasteiger partial charge in [-0.05, 0) is 48.0 Å². The Morgan fingerprint density at radius 2 is 2.17 bits per heavy atom. The second-order valence-electron chi connectivity index (χ2n) is 5.96. The minimum absolute atomic E-state index is 0.0681. The van der Waals surface area contributed by atoms with Crippen LogP contribution in [0.15, 0.2) is 24.5 Å². The van der Waals surface area contributed by atoms with E-state index >= 15 is 0 Å². The summed E-state index contributed by atoms with van der Waals surface area (Å²) >= 11 is 0. The largest absolute Gasteiger partial charge is 0.379 e. The van der Waals surface area contributed by atoms with E-state index in [1.165, 1.54) is 6.33 Å². The van der Waals surface area contributed by atoms with E-state index in [1.54, 1.807) is 10.7 Å². The fourth-order valence-corrected chi connectivity index (χ4v) is 2.82. The lowest BCUT2D eigenvalue weighted by molar-refractivity contribution is 0.0204. The van der Waals surface area contributed by atoms with E-state index in [2.05, 4.69) is 32.7 Å². The van der Waals surface area contributed by atoms with Crippen LogP contribution in [0.25, 0.3) is 5.69 Å². The molecule has 0 aliphatic carbocycles. The van der Waals surface area contributed by atoms with E-state index in [1.807, 2.05) is 19.1 Å². The van der Waals surface area contributed by atoms with Crippen molar-refractivity contribution < 1.29 is 9.53 Å². The third kappa shape index (κ3) is 3.77. The second-order valence-corrected chi connectivity index (χ2v) is 5.96. The molecule has 3 rings (SSSR count). The Morgan fingerprint density at radius 1 is 1.38 bits per heavy atom. The molecule has 0 radical (unpaired) electrons. The van der Waals surface area contributed by atoms with E-state index < -0.39 is 0 Å². The fourth-order valence-electron chi connectivity index (χ4n) is 2.82. The van der Waals surface area contributed by atoms with Gasteiger partial charge in [0.2, 0.25) is 0 Å². The molecule has 1 unspecified atom stereocenters. The molecular formula is C16H22N6O2. The molecule has 8 heteroatoms. The highest BCUT2D eigenvalue weighted by Gasteiger charge is 2.18. The van der Waals surface area contributed by atoms with Crippen molar-refractivity contribution in [1.82, 2.24) is 30.4 Å². The van der Waals surface area contributed by atoms with Gasteiger partial charge in [-0.15, -0.1) is 5.10 Å². The Labute approximate surface area is 140 Å². The van der Waals surface area contributed by atoms with Crippen LogP contribution >= 0.6 is 0 Å². The van der Waals surface area contributed by atoms with E-state index in [0.29, 0.717) is 18.2 Å². The number of rotatable bonds is 5. The molecule has 0 saturated carbocycles. The average Bonchev–Trinajstić information content (AvgIpc) is 3.14. The van der Waals surface area contributed by atoms with Crippen LogP contribution in [0.2, 0.25) is 0 Å². The molecule has 0 spiro atoms. The molecular weight excluding hydrogens is 308 g/mol. The van der Waals surface area contributed by atoms with Crippen molar-refractivity contribution in [2.75, 3.05) is 32.8 Å². The maximum absolute atomic E-state index is 12.4. The van der Waals surface area contributed by atoms with Crippen LogP contribution in [-0.4, -0.2) is 69.9 Å². The van der Waals surface area contributed by atoms with Crippen LogP contribution in [0, 0.1) is 6.92 Å². The lowest BCUT2D eigenvalue weighted by Crippen LogP contribution is -2.47. The van der Waals surface area contributed by atoms with Crippen molar-refractivity contribution in [1.29, 1.82) is 0 Å². The van der Waals surface area contributed by atoms with Crippen molar-refractivity contribution in [2.45, 2.75) is 19.9 Å². The summed E-state index contributed by atoms with van der Waals surface area (Å²) in [5, 5.41) is 14.1. The Bertz CT molecular complexity index is 682. The molecule has 2 aromatic rings. The van der Waals surface area contributed by atoms with Crippen molar-refractivity contribution >= 4 is 5.91 Å². The van der Waals surface area contributed by atoms with Gasteiger partial charge in [-0.25, -0.2) is 4.68 Å². The van der Waals surface area contributed by atoms with Gasteiger partial charge in [0.05, 0.1) is 18.9 Å². The fraction of sp³-hybridized carbons (Fsp3) is 0.500. The summed E-state index contributed by atoms with van der Waals surface area (Å²) in [6.45, 7) is 8.02. The number of carbonyl (C=O) groups excluding carboxylic acids is 1. The van der Waals surface area contributed by atoms with Gasteiger partial charge in [0.1, 0.15) is 6.33 Å². The summed E-state index contributed by atoms with van der Waals surface area (Å²) in [4.78, 5) is 14.7. The summed E-state index contributed by atoms with van der Waals surface area (Å²) in [6, 6.07) is 5.79. The monoisotopic (exact) mass is 330 g/mol. The van der Waals surface area contributed by atoms with E-state index in [9.17, 15) is 4.79 Å². The van der Waals surface area contributed by atoms with Gasteiger partial charge in [0, 0.05) is 31.2 Å². The van der Waals surface area contributed by atoms with E-state index in [4.69, 9.17) is 4.74 Å². The van der Waals surface area contributed by atoms with Gasteiger partial charge in [0.15, 0.2) is 0 Å². The minimum atomic E-state index is -0.0681. The number of amides is 1. The molecule has 1 fully saturated rings. The molecule has 1 aromatic heterocycles. The number of hydrogen-bond donors (Lipinski definition) is 1. The van der Waals surface area contributed by atoms with Gasteiger partial charge in [-0.2, -0.15) is 0 Å². The summed E-state index contributed by atoms with van der Waals surface area (Å²) in [5.41, 5.74) is 2.44. The maximum atomic E-state index is 12.4. The first-order chi connectivity index (χ1) is 11.6. The SMILES string of the molecule is Cc1cc(C(=O)NCC(C)N2CCOCC2)ccc1-n1cnnn1. The first-order valence-electron chi connectivity index (χ1n) is 8.09. The average molecular weight is 330 g/mol. The normalized spacial score (nSPS) is 16.8. The molecule has 1 atom stereocenters. The molecule has 24 heavy (non-hydrogen) atoms. The van der Waals surface area contributed by atoms with Crippen molar-refractivity contribution in [3.63, 3.8) is 0 Å². The third-order valence-electron chi connectivity index (χ3n) is 4.28. The highest BCUT2D eigenvalue weighted by atomic mass is 16.5. The summed E-state index contributed by atoms with van der Waals surface area (Å²) in [6.07, 6.45) is 1.53. The molecule has 1 aliphatic rings. The number of nitrogens with zero attached hydrogens (tertiary/aromatic N) is 5. The number of carbonyl (C=O) groups is 1. The van der Waals surface area contributed by atoms with Crippen LogP contribution in [-0.2, 0) is 4.74 Å². The number of morpholine rings is 1. The van der Waals surface area contributed by atoms with Crippen molar-refractivity contribution in [3.8, 4) is 5.69 Å². The maximum Gasteiger partial charge on any atom is 0.251 e. The van der Waals surface area contributed by atoms with E-state index in [-0.39, 0.29) is 5.91 Å². The lowest BCUT2D eigenvalue weighted by Gasteiger charge is -2.32. The molecule has 1 saturated heterocycles. The molecule has 1 amide bonds. The van der Waals surface area contributed by atoms with Crippen LogP contribution in [0.1, 0.15) is 22.8 Å². The molecule has 2 heterocycles. The number of ether oxygens (including phenoxy) is 1. The van der Waals surface area contributed by atoms with Crippen molar-refractivity contribution in [2.24, 2.45) is 0 Å². The van der Waals surface area contributed by atoms with Gasteiger partial charge in [-0.3, -0.25) is 9.69 Å². The molecule has 128 valence electrons. The zero-order chi connectivity index (χ0) is 16.9. The van der Waals surface area contributed by atoms with Crippen molar-refractivity contribution in [3.05, 3.63) is 35.7 Å². The Kier molecular flexibility index (Phi) is 5.17. The third-order valence-corrected chi connectivity index (χ3v) is 4.28. The summed E-state index contributed by atoms with van der Waals surface area (Å²) < 4.78 is 6.94. The zero-order valence-electron chi connectivity index (χ0n) is 14.0. The standard InChI is InChI=1S/C16H22N6O2/c1-12-9-14(3-4-15(12)22-11-18-19-20-22)16(23)17-10-13(2)21-5-7-24-8-6-21/h3-4,9,11,13H,5-8,10H2,1-2H3,(H,17,23). The van der Waals surface area contributed by atoms with Crippen LogP contribution in [0.5, 0.6) is 0 Å². The summed E-state index contributed by atoms with van der Waals surface area (Å²) in [5.74, 6) is -0.0681. The number of nitrogens with one attached hydrogen (secondary N) is 1. The topological polar surface area (TPSA) is 85.2 Å². The Balaban J connectivity index is 1.59. The first kappa shape index (κ1) is 16.5. The highest BCUT2D eigenvalue weighted by molar-refractivity contribution is 5.94. The second kappa shape index (κ2) is 7.50. The van der Waals surface area contributed by atoms with Gasteiger partial charge < -0.3 is 10.1 Å². The zero-order valence-corrected chi connectivity index (χ0v) is 14.0. The molecule has 1 N–H and O–H groups in total. The number of aromatic nitrogens is 4. The van der Waals surface area contributed by atoms with Crippen LogP contribution < -0.4 is 5.32 Å². The predicted molar refractivity (Wildman–Crippen MR) is 88.1 cm³/mol. The van der Waals surface area contributed by atoms with E-state index in [0.717, 1.165) is 37.6 Å². The van der Waals surface area contributed by atoms with Crippen LogP contribution in [0.4, 0.5) is 0 Å². The first-order valence-corrected chi connectivity index (χ1v) is 8.09. The quantitative estimate of drug-likeness (QED) is 0.855. The molecule has 1 aliphatic heterocycles.